The van der Waals surface area contributed by atoms with Gasteiger partial charge in [-0.15, -0.1) is 0 Å². The zero-order chi connectivity index (χ0) is 13.1. The summed E-state index contributed by atoms with van der Waals surface area (Å²) in [5.41, 5.74) is 0.916. The predicted octanol–water partition coefficient (Wildman–Crippen LogP) is 4.12. The maximum absolute atomic E-state index is 12.1. The Hall–Kier alpha value is -0.580. The van der Waals surface area contributed by atoms with E-state index in [1.807, 2.05) is 24.3 Å². The second-order valence-electron chi connectivity index (χ2n) is 5.19. The summed E-state index contributed by atoms with van der Waals surface area (Å²) >= 11 is 2.36. The van der Waals surface area contributed by atoms with Gasteiger partial charge in [-0.1, -0.05) is 43.4 Å². The molecule has 1 rings (SSSR count). The highest BCUT2D eigenvalue weighted by Crippen LogP contribution is 2.30. The fourth-order valence-electron chi connectivity index (χ4n) is 1.36. The van der Waals surface area contributed by atoms with Crippen LogP contribution in [-0.4, -0.2) is 16.8 Å². The highest BCUT2D eigenvalue weighted by atomic mass is 127. The molecule has 17 heavy (non-hydrogen) atoms. The van der Waals surface area contributed by atoms with Crippen molar-refractivity contribution in [2.45, 2.75) is 31.1 Å². The maximum Gasteiger partial charge on any atom is 0.163 e. The first kappa shape index (κ1) is 14.5. The van der Waals surface area contributed by atoms with Crippen LogP contribution in [0.15, 0.2) is 24.3 Å². The lowest BCUT2D eigenvalue weighted by atomic mass is 9.88. The molecule has 0 saturated heterocycles. The van der Waals surface area contributed by atoms with E-state index in [4.69, 9.17) is 4.74 Å². The van der Waals surface area contributed by atoms with Crippen molar-refractivity contribution >= 4 is 28.4 Å². The van der Waals surface area contributed by atoms with Crippen molar-refractivity contribution in [3.63, 3.8) is 0 Å². The van der Waals surface area contributed by atoms with E-state index in [1.54, 1.807) is 7.11 Å². The Kier molecular flexibility index (Phi) is 4.98. The van der Waals surface area contributed by atoms with E-state index in [2.05, 4.69) is 43.4 Å². The first-order valence-corrected chi connectivity index (χ1v) is 6.90. The van der Waals surface area contributed by atoms with Crippen LogP contribution in [0.1, 0.15) is 37.6 Å². The number of Topliss-reactive ketones (excluding diaryl/α,β-unsaturated/α-hetero) is 1. The minimum absolute atomic E-state index is 0.155. The van der Waals surface area contributed by atoms with Gasteiger partial charge in [-0.25, -0.2) is 0 Å². The second kappa shape index (κ2) is 5.85. The summed E-state index contributed by atoms with van der Waals surface area (Å²) in [5, 5.41) is 0. The number of ketones is 1. The van der Waals surface area contributed by atoms with Crippen LogP contribution in [0.25, 0.3) is 0 Å². The SMILES string of the molecule is COc1ccc(C(=O)CC(I)C(C)(C)C)cc1. The highest BCUT2D eigenvalue weighted by molar-refractivity contribution is 14.1. The quantitative estimate of drug-likeness (QED) is 0.466. The molecule has 0 heterocycles. The number of carbonyl (C=O) groups excluding carboxylic acids is 1. The molecule has 0 aliphatic heterocycles. The van der Waals surface area contributed by atoms with Gasteiger partial charge in [0.05, 0.1) is 7.11 Å². The van der Waals surface area contributed by atoms with Crippen LogP contribution in [0.2, 0.25) is 0 Å². The summed E-state index contributed by atoms with van der Waals surface area (Å²) in [4.78, 5) is 12.1. The molecule has 1 atom stereocenters. The van der Waals surface area contributed by atoms with E-state index in [1.165, 1.54) is 0 Å². The van der Waals surface area contributed by atoms with Gasteiger partial charge >= 0.3 is 0 Å². The van der Waals surface area contributed by atoms with Crippen molar-refractivity contribution in [2.24, 2.45) is 5.41 Å². The molecule has 0 radical (unpaired) electrons. The van der Waals surface area contributed by atoms with Gasteiger partial charge in [0.15, 0.2) is 5.78 Å². The molecule has 0 spiro atoms. The Morgan fingerprint density at radius 1 is 1.29 bits per heavy atom. The number of rotatable bonds is 4. The van der Waals surface area contributed by atoms with Crippen LogP contribution in [0.5, 0.6) is 5.75 Å². The van der Waals surface area contributed by atoms with Gasteiger partial charge in [-0.2, -0.15) is 0 Å². The summed E-state index contributed by atoms with van der Waals surface area (Å²) in [6.45, 7) is 6.47. The summed E-state index contributed by atoms with van der Waals surface area (Å²) in [7, 11) is 1.62. The predicted molar refractivity (Wildman–Crippen MR) is 79.2 cm³/mol. The van der Waals surface area contributed by atoms with Crippen molar-refractivity contribution in [2.75, 3.05) is 7.11 Å². The topological polar surface area (TPSA) is 26.3 Å². The van der Waals surface area contributed by atoms with Crippen LogP contribution < -0.4 is 4.74 Å². The molecule has 3 heteroatoms. The van der Waals surface area contributed by atoms with Crippen LogP contribution >= 0.6 is 22.6 Å². The molecule has 0 aliphatic carbocycles. The number of alkyl halides is 1. The number of hydrogen-bond acceptors (Lipinski definition) is 2. The Labute approximate surface area is 117 Å². The zero-order valence-electron chi connectivity index (χ0n) is 10.8. The van der Waals surface area contributed by atoms with Gasteiger partial charge in [0, 0.05) is 15.9 Å². The molecule has 2 nitrogen and oxygen atoms in total. The van der Waals surface area contributed by atoms with E-state index in [0.717, 1.165) is 11.3 Å². The Balaban J connectivity index is 2.70. The second-order valence-corrected chi connectivity index (χ2v) is 6.69. The van der Waals surface area contributed by atoms with Crippen LogP contribution in [0.4, 0.5) is 0 Å². The normalized spacial score (nSPS) is 13.2. The number of methoxy groups -OCH3 is 1. The van der Waals surface area contributed by atoms with Crippen LogP contribution in [-0.2, 0) is 0 Å². The van der Waals surface area contributed by atoms with Crippen molar-refractivity contribution < 1.29 is 9.53 Å². The molecule has 0 N–H and O–H groups in total. The minimum Gasteiger partial charge on any atom is -0.497 e. The summed E-state index contributed by atoms with van der Waals surface area (Å²) in [6, 6.07) is 7.30. The van der Waals surface area contributed by atoms with Gasteiger partial charge in [0.25, 0.3) is 0 Å². The van der Waals surface area contributed by atoms with Gasteiger partial charge in [0.2, 0.25) is 0 Å². The smallest absolute Gasteiger partial charge is 0.163 e. The third kappa shape index (κ3) is 4.30. The highest BCUT2D eigenvalue weighted by Gasteiger charge is 2.24. The molecule has 0 fully saturated rings. The molecule has 0 aliphatic rings. The third-order valence-electron chi connectivity index (χ3n) is 2.72. The van der Waals surface area contributed by atoms with E-state index in [0.29, 0.717) is 10.3 Å². The number of carbonyl (C=O) groups is 1. The first-order valence-electron chi connectivity index (χ1n) is 5.66. The molecule has 0 saturated carbocycles. The van der Waals surface area contributed by atoms with Gasteiger partial charge in [-0.3, -0.25) is 4.79 Å². The van der Waals surface area contributed by atoms with Crippen molar-refractivity contribution in [1.82, 2.24) is 0 Å². The maximum atomic E-state index is 12.1. The van der Waals surface area contributed by atoms with E-state index in [-0.39, 0.29) is 11.2 Å². The van der Waals surface area contributed by atoms with Gasteiger partial charge in [-0.05, 0) is 29.7 Å². The molecular formula is C14H19IO2. The molecule has 1 unspecified atom stereocenters. The lowest BCUT2D eigenvalue weighted by Crippen LogP contribution is -2.23. The number of benzene rings is 1. The molecule has 1 aromatic carbocycles. The van der Waals surface area contributed by atoms with Crippen molar-refractivity contribution in [1.29, 1.82) is 0 Å². The monoisotopic (exact) mass is 346 g/mol. The summed E-state index contributed by atoms with van der Waals surface area (Å²) in [5.74, 6) is 0.977. The lowest BCUT2D eigenvalue weighted by molar-refractivity contribution is 0.0972. The average Bonchev–Trinajstić information content (AvgIpc) is 2.27. The third-order valence-corrected chi connectivity index (χ3v) is 5.03. The summed E-state index contributed by atoms with van der Waals surface area (Å²) < 4.78 is 5.41. The fraction of sp³-hybridized carbons (Fsp3) is 0.500. The lowest BCUT2D eigenvalue weighted by Gasteiger charge is -2.24. The fourth-order valence-corrected chi connectivity index (χ4v) is 1.76. The Morgan fingerprint density at radius 3 is 2.24 bits per heavy atom. The van der Waals surface area contributed by atoms with E-state index in [9.17, 15) is 4.79 Å². The summed E-state index contributed by atoms with van der Waals surface area (Å²) in [6.07, 6.45) is 0.580. The average molecular weight is 346 g/mol. The van der Waals surface area contributed by atoms with Crippen molar-refractivity contribution in [3.05, 3.63) is 29.8 Å². The van der Waals surface area contributed by atoms with Crippen LogP contribution in [0, 0.1) is 5.41 Å². The Bertz CT molecular complexity index is 376. The van der Waals surface area contributed by atoms with Gasteiger partial charge in [0.1, 0.15) is 5.75 Å². The molecule has 0 amide bonds. The van der Waals surface area contributed by atoms with E-state index < -0.39 is 0 Å². The largest absolute Gasteiger partial charge is 0.497 e. The standard InChI is InChI=1S/C14H19IO2/c1-14(2,3)13(15)9-12(16)10-5-7-11(17-4)8-6-10/h5-8,13H,9H2,1-4H3. The number of halogens is 1. The Morgan fingerprint density at radius 2 is 1.82 bits per heavy atom. The molecule has 94 valence electrons. The van der Waals surface area contributed by atoms with Gasteiger partial charge < -0.3 is 4.74 Å². The molecule has 0 bridgehead atoms. The molecular weight excluding hydrogens is 327 g/mol. The zero-order valence-corrected chi connectivity index (χ0v) is 12.9. The number of hydrogen-bond donors (Lipinski definition) is 0. The molecule has 0 aromatic heterocycles. The molecule has 1 aromatic rings. The first-order chi connectivity index (χ1) is 7.84. The minimum atomic E-state index is 0.155. The number of ether oxygens (including phenoxy) is 1. The van der Waals surface area contributed by atoms with Crippen LogP contribution in [0.3, 0.4) is 0 Å². The van der Waals surface area contributed by atoms with E-state index >= 15 is 0 Å². The van der Waals surface area contributed by atoms with Crippen molar-refractivity contribution in [3.8, 4) is 5.75 Å².